The fourth-order valence-electron chi connectivity index (χ4n) is 23.1. The molecule has 0 spiro atoms. The summed E-state index contributed by atoms with van der Waals surface area (Å²) in [6, 6.07) is 204. The van der Waals surface area contributed by atoms with E-state index < -0.39 is 0 Å². The van der Waals surface area contributed by atoms with Crippen LogP contribution in [0.1, 0.15) is 0 Å². The van der Waals surface area contributed by atoms with Gasteiger partial charge in [-0.25, -0.2) is 0 Å². The molecule has 28 aromatic rings. The van der Waals surface area contributed by atoms with Crippen molar-refractivity contribution in [2.45, 2.75) is 0 Å². The molecule has 142 heavy (non-hydrogen) atoms. The topological polar surface area (TPSA) is 0 Å². The maximum absolute atomic E-state index is 2.46. The Balaban J connectivity index is 0.000000110. The fourth-order valence-corrected chi connectivity index (χ4v) is 23.1. The van der Waals surface area contributed by atoms with Crippen LogP contribution in [0.3, 0.4) is 0 Å². The predicted molar refractivity (Wildman–Crippen MR) is 612 cm³/mol. The van der Waals surface area contributed by atoms with Gasteiger partial charge in [-0.15, -0.1) is 0 Å². The number of benzene rings is 28. The van der Waals surface area contributed by atoms with Crippen LogP contribution < -0.4 is 0 Å². The van der Waals surface area contributed by atoms with Crippen molar-refractivity contribution in [1.82, 2.24) is 0 Å². The second-order valence-corrected chi connectivity index (χ2v) is 37.2. The van der Waals surface area contributed by atoms with Gasteiger partial charge in [0.05, 0.1) is 0 Å². The third-order valence-electron chi connectivity index (χ3n) is 29.3. The van der Waals surface area contributed by atoms with Crippen molar-refractivity contribution in [2.75, 3.05) is 0 Å². The molecule has 0 N–H and O–H groups in total. The van der Waals surface area contributed by atoms with E-state index >= 15 is 0 Å². The molecule has 0 saturated heterocycles. The van der Waals surface area contributed by atoms with Crippen LogP contribution in [0.25, 0.3) is 274 Å². The van der Waals surface area contributed by atoms with Crippen molar-refractivity contribution >= 4 is 140 Å². The van der Waals surface area contributed by atoms with E-state index in [2.05, 4.69) is 558 Å². The van der Waals surface area contributed by atoms with Crippen LogP contribution in [0.5, 0.6) is 0 Å². The zero-order chi connectivity index (χ0) is 93.9. The summed E-state index contributed by atoms with van der Waals surface area (Å²) >= 11 is 0. The highest BCUT2D eigenvalue weighted by molar-refractivity contribution is 6.29. The Morgan fingerprint density at radius 2 is 0.246 bits per heavy atom. The van der Waals surface area contributed by atoms with E-state index in [1.807, 2.05) is 0 Å². The van der Waals surface area contributed by atoms with E-state index in [0.717, 1.165) is 0 Å². The van der Waals surface area contributed by atoms with Gasteiger partial charge < -0.3 is 0 Å². The van der Waals surface area contributed by atoms with Crippen molar-refractivity contribution in [3.8, 4) is 134 Å². The van der Waals surface area contributed by atoms with Crippen molar-refractivity contribution < 1.29 is 0 Å². The Labute approximate surface area is 825 Å². The zero-order valence-corrected chi connectivity index (χ0v) is 78.1. The van der Waals surface area contributed by atoms with Crippen LogP contribution in [0, 0.1) is 0 Å². The summed E-state index contributed by atoms with van der Waals surface area (Å²) in [5.74, 6) is 0. The van der Waals surface area contributed by atoms with Crippen molar-refractivity contribution in [2.24, 2.45) is 0 Å². The lowest BCUT2D eigenvalue weighted by Gasteiger charge is -2.21. The molecule has 0 nitrogen and oxygen atoms in total. The number of hydrogen-bond donors (Lipinski definition) is 0. The zero-order valence-electron chi connectivity index (χ0n) is 78.1. The molecular weight excluding hydrogens is 1710 g/mol. The van der Waals surface area contributed by atoms with E-state index in [-0.39, 0.29) is 0 Å². The molecule has 0 unspecified atom stereocenters. The first-order valence-corrected chi connectivity index (χ1v) is 49.2. The molecule has 660 valence electrons. The molecule has 0 radical (unpaired) electrons. The summed E-state index contributed by atoms with van der Waals surface area (Å²) in [6.45, 7) is 0. The van der Waals surface area contributed by atoms with Gasteiger partial charge in [-0.3, -0.25) is 0 Å². The van der Waals surface area contributed by atoms with Gasteiger partial charge in [0.1, 0.15) is 0 Å². The molecule has 0 fully saturated rings. The van der Waals surface area contributed by atoms with Crippen LogP contribution in [0.4, 0.5) is 0 Å². The summed E-state index contributed by atoms with van der Waals surface area (Å²) in [6.07, 6.45) is 0. The normalized spacial score (nSPS) is 11.5. The minimum Gasteiger partial charge on any atom is -0.0622 e. The van der Waals surface area contributed by atoms with Gasteiger partial charge in [-0.05, 0) is 304 Å². The Morgan fingerprint density at radius 3 is 0.556 bits per heavy atom. The summed E-state index contributed by atoms with van der Waals surface area (Å²) in [4.78, 5) is 0. The van der Waals surface area contributed by atoms with E-state index in [0.29, 0.717) is 0 Å². The van der Waals surface area contributed by atoms with Gasteiger partial charge in [0, 0.05) is 0 Å². The molecule has 0 heterocycles. The highest BCUT2D eigenvalue weighted by Gasteiger charge is 2.26. The Bertz CT molecular complexity index is 9660. The predicted octanol–water partition coefficient (Wildman–Crippen LogP) is 40.1. The van der Waals surface area contributed by atoms with Crippen molar-refractivity contribution in [3.05, 3.63) is 558 Å². The number of fused-ring (bicyclic) bond motifs is 14. The molecule has 0 aliphatic carbocycles. The van der Waals surface area contributed by atoms with Crippen molar-refractivity contribution in [1.29, 1.82) is 0 Å². The lowest BCUT2D eigenvalue weighted by molar-refractivity contribution is 1.61. The summed E-state index contributed by atoms with van der Waals surface area (Å²) in [5, 5.41) is 33.0. The smallest absolute Gasteiger partial charge is 0.00261 e. The van der Waals surface area contributed by atoms with Gasteiger partial charge in [-0.2, -0.15) is 0 Å². The molecule has 0 aromatic heterocycles. The number of rotatable bonds is 12. The van der Waals surface area contributed by atoms with Gasteiger partial charge >= 0.3 is 0 Å². The third-order valence-corrected chi connectivity index (χ3v) is 29.3. The largest absolute Gasteiger partial charge is 0.0622 e. The molecule has 0 aliphatic rings. The second-order valence-electron chi connectivity index (χ2n) is 37.2. The minimum atomic E-state index is 1.22. The Kier molecular flexibility index (Phi) is 21.4. The van der Waals surface area contributed by atoms with Crippen LogP contribution in [0.2, 0.25) is 0 Å². The minimum absolute atomic E-state index is 1.22. The van der Waals surface area contributed by atoms with Crippen LogP contribution in [-0.4, -0.2) is 0 Å². The molecule has 0 saturated carbocycles. The average Bonchev–Trinajstić information content (AvgIpc) is 0.723. The average molecular weight is 1800 g/mol. The van der Waals surface area contributed by atoms with E-state index in [1.165, 1.54) is 274 Å². The maximum Gasteiger partial charge on any atom is -0.00261 e. The summed E-state index contributed by atoms with van der Waals surface area (Å²) in [7, 11) is 0. The summed E-state index contributed by atoms with van der Waals surface area (Å²) < 4.78 is 0. The molecule has 0 aliphatic heterocycles. The van der Waals surface area contributed by atoms with Gasteiger partial charge in [0.15, 0.2) is 0 Å². The van der Waals surface area contributed by atoms with Gasteiger partial charge in [0.2, 0.25) is 0 Å². The first kappa shape index (κ1) is 84.1. The van der Waals surface area contributed by atoms with E-state index in [4.69, 9.17) is 0 Å². The SMILES string of the molecule is c1ccc(-c2c3ccccc3c(-c3ccccc3)c3cc(-c4c5ccccc5c(-c5ccc6ccccc6c5)c5ccccc45)ccc23)cc1.c1ccc(-c2c3ccccc3c(-c3ccccc3)c3cc(-c4cc5ccccc5c5ccccc45)ccc23)cc1.c1ccc(-c2ccc(-c3c4ccccc4c(-c4ccc5c(-c6ccccc6)c6ccccc6c(-c6ccccc6)c5c4)c4ccccc34)cc2)cc1. The number of hydrogen-bond acceptors (Lipinski definition) is 0. The Morgan fingerprint density at radius 1 is 0.0704 bits per heavy atom. The lowest BCUT2D eigenvalue weighted by Crippen LogP contribution is -1.93. The molecule has 0 amide bonds. The third kappa shape index (κ3) is 14.8. The molecule has 28 rings (SSSR count). The summed E-state index contributed by atoms with van der Waals surface area (Å²) in [5.41, 5.74) is 30.1. The van der Waals surface area contributed by atoms with Gasteiger partial charge in [-0.1, -0.05) is 528 Å². The van der Waals surface area contributed by atoms with Crippen LogP contribution in [-0.2, 0) is 0 Å². The standard InChI is InChI=1S/C52H34.C50H32.C40H26/c1-4-16-35(17-5-1)36-28-30-39(31-29-36)50-42-23-11-14-26-45(42)52(46-27-15-12-24-43(46)50)40-32-33-47-48(34-40)51(38-20-8-3-9-21-38)44-25-13-10-22-41(44)49(47)37-18-6-2-7-19-37;1-3-16-34(17-4-1)47-39-21-9-10-22-40(39)48(35-18-5-2-6-19-35)46-32-38(29-30-45(46)47)50-43-25-13-11-23-41(43)49(42-24-12-14-26-44(42)50)37-28-27-33-15-7-8-20-36(33)31-37;1-3-13-27(14-4-1)39-34-21-11-12-22-35(34)40(28-15-5-2-6-16-28)38-26-30(23-24-36(38)39)37-25-29-17-7-8-18-31(29)32-19-9-10-20-33(32)37/h1-34H;1-32H;1-26H. The Hall–Kier alpha value is -18.5. The highest BCUT2D eigenvalue weighted by atomic mass is 14.3. The van der Waals surface area contributed by atoms with Crippen molar-refractivity contribution in [3.63, 3.8) is 0 Å². The lowest BCUT2D eigenvalue weighted by atomic mass is 9.82. The monoisotopic (exact) mass is 1800 g/mol. The van der Waals surface area contributed by atoms with E-state index in [1.54, 1.807) is 0 Å². The molecule has 0 bridgehead atoms. The molecular formula is C142H92. The second kappa shape index (κ2) is 36.2. The fraction of sp³-hybridized carbons (Fsp3) is 0. The van der Waals surface area contributed by atoms with Crippen LogP contribution >= 0.6 is 0 Å². The van der Waals surface area contributed by atoms with Gasteiger partial charge in [0.25, 0.3) is 0 Å². The first-order valence-electron chi connectivity index (χ1n) is 49.2. The molecule has 0 heteroatoms. The molecule has 28 aromatic carbocycles. The van der Waals surface area contributed by atoms with E-state index in [9.17, 15) is 0 Å². The quantitative estimate of drug-likeness (QED) is 0.0845. The molecule has 0 atom stereocenters. The maximum atomic E-state index is 2.46. The first-order chi connectivity index (χ1) is 70.5. The highest BCUT2D eigenvalue weighted by Crippen LogP contribution is 2.54. The van der Waals surface area contributed by atoms with Crippen LogP contribution in [0.15, 0.2) is 558 Å².